The molecule has 0 radical (unpaired) electrons. The summed E-state index contributed by atoms with van der Waals surface area (Å²) in [4.78, 5) is 8.99. The van der Waals surface area contributed by atoms with Crippen LogP contribution in [0.2, 0.25) is 0 Å². The van der Waals surface area contributed by atoms with Gasteiger partial charge in [0.25, 0.3) is 0 Å². The second-order valence-corrected chi connectivity index (χ2v) is 6.16. The molecule has 0 spiro atoms. The van der Waals surface area contributed by atoms with E-state index in [0.717, 1.165) is 36.7 Å². The monoisotopic (exact) mass is 342 g/mol. The molecule has 1 saturated carbocycles. The molecule has 2 aromatic heterocycles. The van der Waals surface area contributed by atoms with Crippen LogP contribution in [-0.4, -0.2) is 23.6 Å². The Morgan fingerprint density at radius 3 is 2.84 bits per heavy atom. The number of ether oxygens (including phenoxy) is 1. The topological polar surface area (TPSA) is 71.7 Å². The van der Waals surface area contributed by atoms with E-state index < -0.39 is 0 Å². The molecule has 2 heterocycles. The molecule has 0 amide bonds. The highest BCUT2D eigenvalue weighted by Crippen LogP contribution is 2.22. The number of rotatable bonds is 7. The van der Waals surface area contributed by atoms with Crippen LogP contribution in [0.5, 0.6) is 5.88 Å². The molecule has 1 aliphatic rings. The second kappa shape index (κ2) is 9.11. The van der Waals surface area contributed by atoms with Crippen molar-refractivity contribution in [3.63, 3.8) is 0 Å². The van der Waals surface area contributed by atoms with Crippen molar-refractivity contribution in [2.45, 2.75) is 51.8 Å². The number of pyridine rings is 1. The van der Waals surface area contributed by atoms with Gasteiger partial charge in [0.1, 0.15) is 11.9 Å². The molecule has 0 aliphatic heterocycles. The van der Waals surface area contributed by atoms with E-state index in [9.17, 15) is 0 Å². The highest BCUT2D eigenvalue weighted by Gasteiger charge is 2.16. The summed E-state index contributed by atoms with van der Waals surface area (Å²) in [5.41, 5.74) is 1.05. The number of aromatic nitrogens is 1. The van der Waals surface area contributed by atoms with Gasteiger partial charge in [0.2, 0.25) is 5.88 Å². The zero-order valence-electron chi connectivity index (χ0n) is 14.7. The molecule has 3 rings (SSSR count). The van der Waals surface area contributed by atoms with E-state index in [2.05, 4.69) is 20.6 Å². The molecular weight excluding hydrogens is 316 g/mol. The van der Waals surface area contributed by atoms with Crippen LogP contribution in [-0.2, 0) is 13.1 Å². The van der Waals surface area contributed by atoms with Crippen LogP contribution in [0.1, 0.15) is 43.9 Å². The lowest BCUT2D eigenvalue weighted by molar-refractivity contribution is 0.201. The first kappa shape index (κ1) is 17.3. The summed E-state index contributed by atoms with van der Waals surface area (Å²) < 4.78 is 11.2. The van der Waals surface area contributed by atoms with Crippen molar-refractivity contribution in [1.29, 1.82) is 0 Å². The van der Waals surface area contributed by atoms with Gasteiger partial charge >= 0.3 is 0 Å². The summed E-state index contributed by atoms with van der Waals surface area (Å²) >= 11 is 0. The van der Waals surface area contributed by atoms with E-state index in [-0.39, 0.29) is 0 Å². The predicted octanol–water partition coefficient (Wildman–Crippen LogP) is 3.25. The first-order valence-electron chi connectivity index (χ1n) is 8.99. The predicted molar refractivity (Wildman–Crippen MR) is 97.5 cm³/mol. The molecule has 0 atom stereocenters. The molecule has 1 aliphatic carbocycles. The summed E-state index contributed by atoms with van der Waals surface area (Å²) in [6.07, 6.45) is 8.64. The lowest BCUT2D eigenvalue weighted by Gasteiger charge is -2.12. The van der Waals surface area contributed by atoms with Crippen molar-refractivity contribution in [3.8, 4) is 5.88 Å². The fourth-order valence-corrected chi connectivity index (χ4v) is 2.85. The molecule has 6 heteroatoms. The van der Waals surface area contributed by atoms with Crippen LogP contribution in [0.15, 0.2) is 46.1 Å². The molecule has 25 heavy (non-hydrogen) atoms. The molecule has 2 aromatic rings. The minimum atomic E-state index is 0.336. The fourth-order valence-electron chi connectivity index (χ4n) is 2.85. The molecule has 0 saturated heterocycles. The van der Waals surface area contributed by atoms with Crippen LogP contribution < -0.4 is 15.4 Å². The quantitative estimate of drug-likeness (QED) is 0.597. The van der Waals surface area contributed by atoms with Gasteiger partial charge in [-0.2, -0.15) is 0 Å². The molecular formula is C19H26N4O2. The van der Waals surface area contributed by atoms with E-state index in [1.165, 1.54) is 12.8 Å². The summed E-state index contributed by atoms with van der Waals surface area (Å²) in [5.74, 6) is 2.34. The van der Waals surface area contributed by atoms with Crippen LogP contribution in [0.3, 0.4) is 0 Å². The van der Waals surface area contributed by atoms with Gasteiger partial charge in [0.05, 0.1) is 19.4 Å². The third-order valence-corrected chi connectivity index (χ3v) is 4.16. The van der Waals surface area contributed by atoms with Crippen molar-refractivity contribution < 1.29 is 9.15 Å². The van der Waals surface area contributed by atoms with Crippen LogP contribution >= 0.6 is 0 Å². The van der Waals surface area contributed by atoms with Gasteiger partial charge in [-0.3, -0.25) is 0 Å². The number of hydrogen-bond donors (Lipinski definition) is 2. The Balaban J connectivity index is 1.52. The van der Waals surface area contributed by atoms with Crippen molar-refractivity contribution in [3.05, 3.63) is 48.0 Å². The van der Waals surface area contributed by atoms with Gasteiger partial charge in [-0.15, -0.1) is 0 Å². The Kier molecular flexibility index (Phi) is 6.31. The molecule has 1 fully saturated rings. The Labute approximate surface area is 148 Å². The Morgan fingerprint density at radius 1 is 1.28 bits per heavy atom. The molecule has 6 nitrogen and oxygen atoms in total. The van der Waals surface area contributed by atoms with Crippen LogP contribution in [0.25, 0.3) is 0 Å². The standard InChI is InChI=1S/C19H26N4O2/c1-2-20-19(23-14-17-8-5-11-24-17)22-13-15-9-10-18(21-12-15)25-16-6-3-4-7-16/h5,8-12,16H,2-4,6-7,13-14H2,1H3,(H2,20,22,23). The van der Waals surface area contributed by atoms with Crippen LogP contribution in [0, 0.1) is 0 Å². The Morgan fingerprint density at radius 2 is 2.16 bits per heavy atom. The van der Waals surface area contributed by atoms with E-state index in [0.29, 0.717) is 25.1 Å². The normalized spacial score (nSPS) is 15.3. The van der Waals surface area contributed by atoms with Gasteiger partial charge in [0.15, 0.2) is 5.96 Å². The van der Waals surface area contributed by atoms with Crippen molar-refractivity contribution in [2.24, 2.45) is 4.99 Å². The smallest absolute Gasteiger partial charge is 0.213 e. The fraction of sp³-hybridized carbons (Fsp3) is 0.474. The minimum Gasteiger partial charge on any atom is -0.474 e. The zero-order chi connectivity index (χ0) is 17.3. The molecule has 2 N–H and O–H groups in total. The number of guanidine groups is 1. The first-order valence-corrected chi connectivity index (χ1v) is 8.99. The molecule has 0 aromatic carbocycles. The largest absolute Gasteiger partial charge is 0.474 e. The third kappa shape index (κ3) is 5.52. The maximum absolute atomic E-state index is 5.89. The first-order chi connectivity index (χ1) is 12.3. The number of nitrogens with one attached hydrogen (secondary N) is 2. The Hall–Kier alpha value is -2.50. The maximum atomic E-state index is 5.89. The molecule has 134 valence electrons. The van der Waals surface area contributed by atoms with Gasteiger partial charge in [-0.05, 0) is 50.3 Å². The van der Waals surface area contributed by atoms with E-state index in [1.807, 2.05) is 37.4 Å². The lowest BCUT2D eigenvalue weighted by atomic mass is 10.3. The SMILES string of the molecule is CCNC(=NCc1ccc(OC2CCCC2)nc1)NCc1ccco1. The van der Waals surface area contributed by atoms with Gasteiger partial charge < -0.3 is 19.8 Å². The van der Waals surface area contributed by atoms with E-state index in [1.54, 1.807) is 6.26 Å². The van der Waals surface area contributed by atoms with Gasteiger partial charge in [-0.1, -0.05) is 6.07 Å². The third-order valence-electron chi connectivity index (χ3n) is 4.16. The minimum absolute atomic E-state index is 0.336. The van der Waals surface area contributed by atoms with Gasteiger partial charge in [0, 0.05) is 18.8 Å². The average molecular weight is 342 g/mol. The summed E-state index contributed by atoms with van der Waals surface area (Å²) in [5, 5.41) is 6.48. The van der Waals surface area contributed by atoms with Gasteiger partial charge in [-0.25, -0.2) is 9.98 Å². The number of furan rings is 1. The molecule has 0 unspecified atom stereocenters. The lowest BCUT2D eigenvalue weighted by Crippen LogP contribution is -2.36. The summed E-state index contributed by atoms with van der Waals surface area (Å²) in [6.45, 7) is 4.01. The highest BCUT2D eigenvalue weighted by atomic mass is 16.5. The zero-order valence-corrected chi connectivity index (χ0v) is 14.7. The summed E-state index contributed by atoms with van der Waals surface area (Å²) in [7, 11) is 0. The van der Waals surface area contributed by atoms with Crippen molar-refractivity contribution in [1.82, 2.24) is 15.6 Å². The number of hydrogen-bond acceptors (Lipinski definition) is 4. The van der Waals surface area contributed by atoms with E-state index in [4.69, 9.17) is 9.15 Å². The van der Waals surface area contributed by atoms with E-state index >= 15 is 0 Å². The second-order valence-electron chi connectivity index (χ2n) is 6.16. The van der Waals surface area contributed by atoms with Crippen LogP contribution in [0.4, 0.5) is 0 Å². The number of aliphatic imine (C=N–C) groups is 1. The van der Waals surface area contributed by atoms with Crippen molar-refractivity contribution in [2.75, 3.05) is 6.54 Å². The van der Waals surface area contributed by atoms with Crippen molar-refractivity contribution >= 4 is 5.96 Å². The number of nitrogens with zero attached hydrogens (tertiary/aromatic N) is 2. The molecule has 0 bridgehead atoms. The maximum Gasteiger partial charge on any atom is 0.213 e. The average Bonchev–Trinajstić information content (AvgIpc) is 3.32. The Bertz CT molecular complexity index is 647. The summed E-state index contributed by atoms with van der Waals surface area (Å²) in [6, 6.07) is 7.77. The highest BCUT2D eigenvalue weighted by molar-refractivity contribution is 5.79.